The third kappa shape index (κ3) is 1.16. The zero-order chi connectivity index (χ0) is 9.42. The van der Waals surface area contributed by atoms with Crippen molar-refractivity contribution in [3.63, 3.8) is 0 Å². The van der Waals surface area contributed by atoms with Gasteiger partial charge < -0.3 is 4.74 Å². The second-order valence-corrected chi connectivity index (χ2v) is 3.15. The highest BCUT2D eigenvalue weighted by molar-refractivity contribution is 5.77. The molecule has 0 unspecified atom stereocenters. The summed E-state index contributed by atoms with van der Waals surface area (Å²) in [7, 11) is 3.58. The number of aryl methyl sites for hydroxylation is 2. The molecule has 2 rings (SSSR count). The van der Waals surface area contributed by atoms with Crippen LogP contribution in [0.1, 0.15) is 5.56 Å². The van der Waals surface area contributed by atoms with Gasteiger partial charge in [-0.05, 0) is 24.6 Å². The van der Waals surface area contributed by atoms with Crippen molar-refractivity contribution in [2.24, 2.45) is 7.05 Å². The molecule has 68 valence electrons. The van der Waals surface area contributed by atoms with Gasteiger partial charge in [-0.3, -0.25) is 4.57 Å². The topological polar surface area (TPSA) is 27.1 Å². The van der Waals surface area contributed by atoms with Gasteiger partial charge in [-0.2, -0.15) is 4.98 Å². The van der Waals surface area contributed by atoms with Crippen LogP contribution in [0.25, 0.3) is 11.0 Å². The molecule has 1 heterocycles. The SMILES string of the molecule is COc1nc2cc(C)ccc2n1C. The number of hydrogen-bond donors (Lipinski definition) is 0. The van der Waals surface area contributed by atoms with Crippen LogP contribution < -0.4 is 4.74 Å². The summed E-state index contributed by atoms with van der Waals surface area (Å²) in [5.74, 6) is 0. The van der Waals surface area contributed by atoms with E-state index < -0.39 is 0 Å². The zero-order valence-corrected chi connectivity index (χ0v) is 8.03. The molecule has 0 radical (unpaired) electrons. The zero-order valence-electron chi connectivity index (χ0n) is 8.03. The fourth-order valence-corrected chi connectivity index (χ4v) is 1.47. The lowest BCUT2D eigenvalue weighted by Crippen LogP contribution is -1.93. The molecular formula is C10H12N2O. The first-order chi connectivity index (χ1) is 6.22. The van der Waals surface area contributed by atoms with Crippen molar-refractivity contribution in [1.29, 1.82) is 0 Å². The fraction of sp³-hybridized carbons (Fsp3) is 0.300. The van der Waals surface area contributed by atoms with Crippen LogP contribution in [0.3, 0.4) is 0 Å². The molecule has 3 heteroatoms. The van der Waals surface area contributed by atoms with E-state index >= 15 is 0 Å². The quantitative estimate of drug-likeness (QED) is 0.663. The minimum absolute atomic E-state index is 0.653. The van der Waals surface area contributed by atoms with Crippen LogP contribution >= 0.6 is 0 Å². The first-order valence-electron chi connectivity index (χ1n) is 4.19. The Labute approximate surface area is 77.0 Å². The van der Waals surface area contributed by atoms with Gasteiger partial charge in [0, 0.05) is 7.05 Å². The van der Waals surface area contributed by atoms with Crippen molar-refractivity contribution in [3.8, 4) is 6.01 Å². The van der Waals surface area contributed by atoms with E-state index in [9.17, 15) is 0 Å². The number of imidazole rings is 1. The van der Waals surface area contributed by atoms with E-state index in [1.807, 2.05) is 11.6 Å². The maximum absolute atomic E-state index is 5.12. The second-order valence-electron chi connectivity index (χ2n) is 3.15. The Morgan fingerprint density at radius 2 is 2.15 bits per heavy atom. The minimum Gasteiger partial charge on any atom is -0.468 e. The van der Waals surface area contributed by atoms with E-state index in [0.29, 0.717) is 6.01 Å². The fourth-order valence-electron chi connectivity index (χ4n) is 1.47. The molecule has 0 bridgehead atoms. The van der Waals surface area contributed by atoms with E-state index in [1.54, 1.807) is 7.11 Å². The molecule has 0 saturated heterocycles. The lowest BCUT2D eigenvalue weighted by Gasteiger charge is -1.98. The summed E-state index contributed by atoms with van der Waals surface area (Å²) in [5.41, 5.74) is 3.30. The molecule has 0 aliphatic rings. The molecule has 2 aromatic rings. The standard InChI is InChI=1S/C10H12N2O/c1-7-4-5-9-8(6-7)11-10(13-3)12(9)2/h4-6H,1-3H3. The van der Waals surface area contributed by atoms with Crippen LogP contribution in [-0.4, -0.2) is 16.7 Å². The Bertz CT molecular complexity index is 445. The molecule has 0 saturated carbocycles. The number of benzene rings is 1. The third-order valence-electron chi connectivity index (χ3n) is 2.18. The number of nitrogens with zero attached hydrogens (tertiary/aromatic N) is 2. The third-order valence-corrected chi connectivity index (χ3v) is 2.18. The van der Waals surface area contributed by atoms with Crippen molar-refractivity contribution in [2.75, 3.05) is 7.11 Å². The van der Waals surface area contributed by atoms with Crippen molar-refractivity contribution < 1.29 is 4.74 Å². The average molecular weight is 176 g/mol. The Morgan fingerprint density at radius 1 is 1.38 bits per heavy atom. The Morgan fingerprint density at radius 3 is 2.85 bits per heavy atom. The van der Waals surface area contributed by atoms with Gasteiger partial charge >= 0.3 is 0 Å². The minimum atomic E-state index is 0.653. The molecule has 3 nitrogen and oxygen atoms in total. The number of fused-ring (bicyclic) bond motifs is 1. The van der Waals surface area contributed by atoms with Crippen LogP contribution in [0.5, 0.6) is 6.01 Å². The average Bonchev–Trinajstić information content (AvgIpc) is 2.42. The summed E-state index contributed by atoms with van der Waals surface area (Å²) in [6.07, 6.45) is 0. The lowest BCUT2D eigenvalue weighted by molar-refractivity contribution is 0.368. The maximum atomic E-state index is 5.12. The van der Waals surface area contributed by atoms with Gasteiger partial charge in [0.1, 0.15) is 0 Å². The highest BCUT2D eigenvalue weighted by Gasteiger charge is 2.06. The normalized spacial score (nSPS) is 10.7. The van der Waals surface area contributed by atoms with E-state index in [-0.39, 0.29) is 0 Å². The number of rotatable bonds is 1. The molecule has 0 N–H and O–H groups in total. The van der Waals surface area contributed by atoms with Crippen molar-refractivity contribution >= 4 is 11.0 Å². The predicted molar refractivity (Wildman–Crippen MR) is 52.0 cm³/mol. The van der Waals surface area contributed by atoms with Crippen LogP contribution in [-0.2, 0) is 7.05 Å². The van der Waals surface area contributed by atoms with Gasteiger partial charge in [0.2, 0.25) is 0 Å². The van der Waals surface area contributed by atoms with Gasteiger partial charge in [-0.25, -0.2) is 0 Å². The number of hydrogen-bond acceptors (Lipinski definition) is 2. The first-order valence-corrected chi connectivity index (χ1v) is 4.19. The molecule has 0 aliphatic carbocycles. The number of aromatic nitrogens is 2. The summed E-state index contributed by atoms with van der Waals surface area (Å²) in [4.78, 5) is 4.33. The Hall–Kier alpha value is -1.51. The molecule has 0 amide bonds. The van der Waals surface area contributed by atoms with E-state index in [0.717, 1.165) is 11.0 Å². The van der Waals surface area contributed by atoms with Crippen molar-refractivity contribution in [3.05, 3.63) is 23.8 Å². The summed E-state index contributed by atoms with van der Waals surface area (Å²) >= 11 is 0. The molecule has 0 aliphatic heterocycles. The van der Waals surface area contributed by atoms with E-state index in [4.69, 9.17) is 4.74 Å². The van der Waals surface area contributed by atoms with Gasteiger partial charge in [-0.15, -0.1) is 0 Å². The molecule has 1 aromatic carbocycles. The van der Waals surface area contributed by atoms with Crippen LogP contribution in [0.15, 0.2) is 18.2 Å². The highest BCUT2D eigenvalue weighted by atomic mass is 16.5. The molecular weight excluding hydrogens is 164 g/mol. The lowest BCUT2D eigenvalue weighted by atomic mass is 10.2. The number of methoxy groups -OCH3 is 1. The van der Waals surface area contributed by atoms with Gasteiger partial charge in [0.15, 0.2) is 0 Å². The Kier molecular flexibility index (Phi) is 1.72. The molecule has 0 atom stereocenters. The molecule has 0 spiro atoms. The molecule has 0 fully saturated rings. The Balaban J connectivity index is 2.76. The van der Waals surface area contributed by atoms with Crippen LogP contribution in [0.4, 0.5) is 0 Å². The highest BCUT2D eigenvalue weighted by Crippen LogP contribution is 2.20. The summed E-state index contributed by atoms with van der Waals surface area (Å²) in [6, 6.07) is 6.84. The monoisotopic (exact) mass is 176 g/mol. The predicted octanol–water partition coefficient (Wildman–Crippen LogP) is 1.89. The van der Waals surface area contributed by atoms with Gasteiger partial charge in [0.25, 0.3) is 6.01 Å². The smallest absolute Gasteiger partial charge is 0.296 e. The summed E-state index contributed by atoms with van der Waals surface area (Å²) in [5, 5.41) is 0. The van der Waals surface area contributed by atoms with E-state index in [1.165, 1.54) is 5.56 Å². The van der Waals surface area contributed by atoms with Crippen molar-refractivity contribution in [1.82, 2.24) is 9.55 Å². The molecule has 1 aromatic heterocycles. The number of ether oxygens (including phenoxy) is 1. The summed E-state index contributed by atoms with van der Waals surface area (Å²) < 4.78 is 7.06. The largest absolute Gasteiger partial charge is 0.468 e. The van der Waals surface area contributed by atoms with Crippen LogP contribution in [0.2, 0.25) is 0 Å². The first kappa shape index (κ1) is 8.10. The molecule has 13 heavy (non-hydrogen) atoms. The van der Waals surface area contributed by atoms with Crippen LogP contribution in [0, 0.1) is 6.92 Å². The van der Waals surface area contributed by atoms with Gasteiger partial charge in [0.05, 0.1) is 18.1 Å². The van der Waals surface area contributed by atoms with E-state index in [2.05, 4.69) is 30.1 Å². The second kappa shape index (κ2) is 2.76. The van der Waals surface area contributed by atoms with Crippen molar-refractivity contribution in [2.45, 2.75) is 6.92 Å². The van der Waals surface area contributed by atoms with Gasteiger partial charge in [-0.1, -0.05) is 6.07 Å². The maximum Gasteiger partial charge on any atom is 0.296 e. The summed E-state index contributed by atoms with van der Waals surface area (Å²) in [6.45, 7) is 2.06.